The Morgan fingerprint density at radius 3 is 2.89 bits per heavy atom. The maximum absolute atomic E-state index is 11.5. The minimum absolute atomic E-state index is 0.00310. The quantitative estimate of drug-likeness (QED) is 0.674. The van der Waals surface area contributed by atoms with Gasteiger partial charge in [-0.1, -0.05) is 6.07 Å². The average Bonchev–Trinajstić information content (AvgIpc) is 2.38. The van der Waals surface area contributed by atoms with E-state index in [1.165, 1.54) is 0 Å². The summed E-state index contributed by atoms with van der Waals surface area (Å²) in [6.07, 6.45) is 0.363. The van der Waals surface area contributed by atoms with Crippen molar-refractivity contribution in [2.75, 3.05) is 25.5 Å². The van der Waals surface area contributed by atoms with Crippen LogP contribution in [-0.2, 0) is 4.79 Å². The number of carbonyl (C=O) groups is 1. The zero-order valence-corrected chi connectivity index (χ0v) is 10.9. The van der Waals surface area contributed by atoms with E-state index in [1.807, 2.05) is 31.2 Å². The highest BCUT2D eigenvalue weighted by atomic mass is 16.5. The van der Waals surface area contributed by atoms with Gasteiger partial charge in [0.15, 0.2) is 0 Å². The molecular formula is C13H21N3O2. The van der Waals surface area contributed by atoms with Gasteiger partial charge in [0.1, 0.15) is 5.75 Å². The first-order chi connectivity index (χ1) is 8.69. The fraction of sp³-hybridized carbons (Fsp3) is 0.462. The number of ether oxygens (including phenoxy) is 1. The second-order valence-electron chi connectivity index (χ2n) is 3.97. The van der Waals surface area contributed by atoms with Gasteiger partial charge in [-0.25, -0.2) is 0 Å². The van der Waals surface area contributed by atoms with Crippen molar-refractivity contribution in [3.63, 3.8) is 0 Å². The van der Waals surface area contributed by atoms with Gasteiger partial charge >= 0.3 is 0 Å². The van der Waals surface area contributed by atoms with Crippen LogP contribution in [0.25, 0.3) is 0 Å². The van der Waals surface area contributed by atoms with Gasteiger partial charge in [-0.3, -0.25) is 4.79 Å². The summed E-state index contributed by atoms with van der Waals surface area (Å²) in [6, 6.07) is 7.47. The molecule has 0 spiro atoms. The predicted octanol–water partition coefficient (Wildman–Crippen LogP) is 0.961. The molecular weight excluding hydrogens is 230 g/mol. The summed E-state index contributed by atoms with van der Waals surface area (Å²) in [5.74, 6) is 0.775. The summed E-state index contributed by atoms with van der Waals surface area (Å²) < 4.78 is 5.14. The monoisotopic (exact) mass is 251 g/mol. The molecule has 0 fully saturated rings. The van der Waals surface area contributed by atoms with Gasteiger partial charge in [0.2, 0.25) is 5.91 Å². The van der Waals surface area contributed by atoms with Gasteiger partial charge in [0, 0.05) is 37.3 Å². The second-order valence-corrected chi connectivity index (χ2v) is 3.97. The molecule has 1 amide bonds. The highest BCUT2D eigenvalue weighted by Crippen LogP contribution is 2.17. The van der Waals surface area contributed by atoms with Crippen LogP contribution >= 0.6 is 0 Å². The molecule has 0 aromatic heterocycles. The third-order valence-electron chi connectivity index (χ3n) is 2.53. The van der Waals surface area contributed by atoms with Crippen molar-refractivity contribution in [3.05, 3.63) is 24.3 Å². The summed E-state index contributed by atoms with van der Waals surface area (Å²) in [4.78, 5) is 11.5. The normalized spacial score (nSPS) is 11.7. The first-order valence-electron chi connectivity index (χ1n) is 6.07. The lowest BCUT2D eigenvalue weighted by Crippen LogP contribution is -2.35. The minimum atomic E-state index is -0.0799. The van der Waals surface area contributed by atoms with E-state index in [0.29, 0.717) is 19.5 Å². The number of anilines is 1. The highest BCUT2D eigenvalue weighted by Gasteiger charge is 2.11. The summed E-state index contributed by atoms with van der Waals surface area (Å²) >= 11 is 0. The maximum Gasteiger partial charge on any atom is 0.222 e. The minimum Gasteiger partial charge on any atom is -0.497 e. The Kier molecular flexibility index (Phi) is 6.00. The number of rotatable bonds is 7. The van der Waals surface area contributed by atoms with E-state index >= 15 is 0 Å². The summed E-state index contributed by atoms with van der Waals surface area (Å²) in [5.41, 5.74) is 6.56. The third-order valence-corrected chi connectivity index (χ3v) is 2.53. The van der Waals surface area contributed by atoms with Crippen LogP contribution in [0.4, 0.5) is 5.69 Å². The number of benzene rings is 1. The highest BCUT2D eigenvalue weighted by molar-refractivity contribution is 5.77. The van der Waals surface area contributed by atoms with Crippen molar-refractivity contribution in [2.45, 2.75) is 19.4 Å². The fourth-order valence-electron chi connectivity index (χ4n) is 1.63. The molecule has 1 rings (SSSR count). The molecule has 1 atom stereocenters. The molecule has 100 valence electrons. The molecule has 4 N–H and O–H groups in total. The summed E-state index contributed by atoms with van der Waals surface area (Å²) in [5, 5.41) is 5.99. The van der Waals surface area contributed by atoms with E-state index < -0.39 is 0 Å². The largest absolute Gasteiger partial charge is 0.497 e. The van der Waals surface area contributed by atoms with Crippen LogP contribution in [-0.4, -0.2) is 32.1 Å². The summed E-state index contributed by atoms with van der Waals surface area (Å²) in [6.45, 7) is 2.93. The molecule has 0 aliphatic rings. The predicted molar refractivity (Wildman–Crippen MR) is 72.8 cm³/mol. The molecule has 5 nitrogen and oxygen atoms in total. The maximum atomic E-state index is 11.5. The topological polar surface area (TPSA) is 76.4 Å². The zero-order chi connectivity index (χ0) is 13.4. The molecule has 0 saturated carbocycles. The van der Waals surface area contributed by atoms with Crippen molar-refractivity contribution in [1.82, 2.24) is 5.32 Å². The molecule has 18 heavy (non-hydrogen) atoms. The lowest BCUT2D eigenvalue weighted by molar-refractivity contribution is -0.121. The van der Waals surface area contributed by atoms with E-state index in [9.17, 15) is 4.79 Å². The first kappa shape index (κ1) is 14.3. The second kappa shape index (κ2) is 7.55. The lowest BCUT2D eigenvalue weighted by atomic mass is 10.1. The van der Waals surface area contributed by atoms with Crippen molar-refractivity contribution in [1.29, 1.82) is 0 Å². The van der Waals surface area contributed by atoms with Crippen LogP contribution in [0.2, 0.25) is 0 Å². The van der Waals surface area contributed by atoms with E-state index in [4.69, 9.17) is 10.5 Å². The molecule has 0 bridgehead atoms. The number of methoxy groups -OCH3 is 1. The van der Waals surface area contributed by atoms with Gasteiger partial charge in [0.25, 0.3) is 0 Å². The smallest absolute Gasteiger partial charge is 0.222 e. The molecule has 0 radical (unpaired) electrons. The van der Waals surface area contributed by atoms with Crippen molar-refractivity contribution in [3.8, 4) is 5.75 Å². The van der Waals surface area contributed by atoms with E-state index in [2.05, 4.69) is 10.6 Å². The average molecular weight is 251 g/mol. The molecule has 5 heteroatoms. The van der Waals surface area contributed by atoms with Crippen molar-refractivity contribution >= 4 is 11.6 Å². The van der Waals surface area contributed by atoms with Crippen LogP contribution in [0.15, 0.2) is 24.3 Å². The number of nitrogens with two attached hydrogens (primary N) is 1. The number of carbonyl (C=O) groups excluding carboxylic acids is 1. The lowest BCUT2D eigenvalue weighted by Gasteiger charge is -2.18. The van der Waals surface area contributed by atoms with Crippen LogP contribution < -0.4 is 21.1 Å². The molecule has 0 heterocycles. The van der Waals surface area contributed by atoms with Crippen LogP contribution in [0.1, 0.15) is 13.3 Å². The molecule has 0 aliphatic carbocycles. The SMILES string of the molecule is CCNC(=O)CC(CN)Nc1cccc(OC)c1. The van der Waals surface area contributed by atoms with Crippen molar-refractivity contribution in [2.24, 2.45) is 5.73 Å². The third kappa shape index (κ3) is 4.63. The van der Waals surface area contributed by atoms with Crippen LogP contribution in [0, 0.1) is 0 Å². The standard InChI is InChI=1S/C13H21N3O2/c1-3-15-13(17)8-11(9-14)16-10-5-4-6-12(7-10)18-2/h4-7,11,16H,3,8-9,14H2,1-2H3,(H,15,17). The fourth-order valence-corrected chi connectivity index (χ4v) is 1.63. The Bertz CT molecular complexity index is 382. The number of amides is 1. The van der Waals surface area contributed by atoms with Gasteiger partial charge in [-0.15, -0.1) is 0 Å². The first-order valence-corrected chi connectivity index (χ1v) is 6.07. The molecule has 0 aliphatic heterocycles. The molecule has 1 aromatic rings. The van der Waals surface area contributed by atoms with Gasteiger partial charge < -0.3 is 21.1 Å². The van der Waals surface area contributed by atoms with E-state index in [1.54, 1.807) is 7.11 Å². The van der Waals surface area contributed by atoms with Crippen LogP contribution in [0.5, 0.6) is 5.75 Å². The van der Waals surface area contributed by atoms with Gasteiger partial charge in [-0.05, 0) is 19.1 Å². The van der Waals surface area contributed by atoms with E-state index in [-0.39, 0.29) is 11.9 Å². The number of hydrogen-bond donors (Lipinski definition) is 3. The van der Waals surface area contributed by atoms with E-state index in [0.717, 1.165) is 11.4 Å². The number of nitrogens with one attached hydrogen (secondary N) is 2. The Hall–Kier alpha value is -1.75. The van der Waals surface area contributed by atoms with Crippen molar-refractivity contribution < 1.29 is 9.53 Å². The van der Waals surface area contributed by atoms with Gasteiger partial charge in [-0.2, -0.15) is 0 Å². The number of hydrogen-bond acceptors (Lipinski definition) is 4. The van der Waals surface area contributed by atoms with Gasteiger partial charge in [0.05, 0.1) is 7.11 Å². The molecule has 1 aromatic carbocycles. The Morgan fingerprint density at radius 2 is 2.28 bits per heavy atom. The zero-order valence-electron chi connectivity index (χ0n) is 10.9. The van der Waals surface area contributed by atoms with Crippen LogP contribution in [0.3, 0.4) is 0 Å². The molecule has 1 unspecified atom stereocenters. The summed E-state index contributed by atoms with van der Waals surface area (Å²) in [7, 11) is 1.62. The Labute approximate surface area is 108 Å². The Morgan fingerprint density at radius 1 is 1.50 bits per heavy atom. The Balaban J connectivity index is 2.58. The molecule has 0 saturated heterocycles.